The van der Waals surface area contributed by atoms with Gasteiger partial charge in [-0.3, -0.25) is 0 Å². The van der Waals surface area contributed by atoms with Crippen molar-refractivity contribution in [3.05, 3.63) is 203 Å². The Morgan fingerprint density at radius 2 is 0.907 bits per heavy atom. The van der Waals surface area contributed by atoms with Crippen molar-refractivity contribution in [1.29, 1.82) is 0 Å². The van der Waals surface area contributed by atoms with E-state index in [1.54, 1.807) is 0 Å². The van der Waals surface area contributed by atoms with Crippen LogP contribution in [0.15, 0.2) is 170 Å². The zero-order chi connectivity index (χ0) is 37.5. The Bertz CT molecular complexity index is 2390. The highest BCUT2D eigenvalue weighted by atomic mass is 15.1. The summed E-state index contributed by atoms with van der Waals surface area (Å²) in [4.78, 5) is 4.71. The standard InChI is InChI=1S/C52H48N2/c1-37-15-13-14-20-50(37)54(44-30-26-40(27-31-44)51(2,3)4)45-32-34-47-46-33-25-39(35-48(46)52(5,6)49(47)36-45)22-21-38-23-28-43(29-24-38)53(41-16-9-7-10-17-41)42-18-11-8-12-19-42/h7-36H,1-6H3/b22-21+. The van der Waals surface area contributed by atoms with E-state index >= 15 is 0 Å². The molecule has 1 aliphatic rings. The Kier molecular flexibility index (Phi) is 9.07. The Morgan fingerprint density at radius 1 is 0.444 bits per heavy atom. The molecule has 0 unspecified atom stereocenters. The first-order valence-corrected chi connectivity index (χ1v) is 19.0. The van der Waals surface area contributed by atoms with E-state index in [4.69, 9.17) is 0 Å². The summed E-state index contributed by atoms with van der Waals surface area (Å²) in [6.45, 7) is 13.8. The van der Waals surface area contributed by atoms with Crippen molar-refractivity contribution in [2.24, 2.45) is 0 Å². The van der Waals surface area contributed by atoms with E-state index in [1.165, 1.54) is 61.6 Å². The van der Waals surface area contributed by atoms with Crippen LogP contribution in [-0.4, -0.2) is 0 Å². The van der Waals surface area contributed by atoms with E-state index in [-0.39, 0.29) is 10.8 Å². The highest BCUT2D eigenvalue weighted by Crippen LogP contribution is 2.51. The number of aryl methyl sites for hydroxylation is 1. The summed E-state index contributed by atoms with van der Waals surface area (Å²) in [5.74, 6) is 0. The van der Waals surface area contributed by atoms with Crippen molar-refractivity contribution in [2.45, 2.75) is 52.4 Å². The van der Waals surface area contributed by atoms with Gasteiger partial charge in [0.05, 0.1) is 0 Å². The van der Waals surface area contributed by atoms with Crippen molar-refractivity contribution in [1.82, 2.24) is 0 Å². The first-order chi connectivity index (χ1) is 26.1. The van der Waals surface area contributed by atoms with Crippen LogP contribution in [0.5, 0.6) is 0 Å². The predicted molar refractivity (Wildman–Crippen MR) is 232 cm³/mol. The van der Waals surface area contributed by atoms with Gasteiger partial charge in [0, 0.05) is 39.5 Å². The summed E-state index contributed by atoms with van der Waals surface area (Å²) in [7, 11) is 0. The lowest BCUT2D eigenvalue weighted by Crippen LogP contribution is -2.17. The summed E-state index contributed by atoms with van der Waals surface area (Å²) in [5, 5.41) is 0. The fraction of sp³-hybridized carbons (Fsp3) is 0.154. The zero-order valence-corrected chi connectivity index (χ0v) is 32.2. The molecule has 0 aromatic heterocycles. The average Bonchev–Trinajstić information content (AvgIpc) is 3.41. The van der Waals surface area contributed by atoms with Crippen LogP contribution in [0.3, 0.4) is 0 Å². The van der Waals surface area contributed by atoms with Gasteiger partial charge in [-0.25, -0.2) is 0 Å². The molecule has 2 nitrogen and oxygen atoms in total. The maximum absolute atomic E-state index is 2.42. The monoisotopic (exact) mass is 700 g/mol. The van der Waals surface area contributed by atoms with Gasteiger partial charge < -0.3 is 9.80 Å². The maximum Gasteiger partial charge on any atom is 0.0490 e. The fourth-order valence-electron chi connectivity index (χ4n) is 7.87. The smallest absolute Gasteiger partial charge is 0.0490 e. The Balaban J connectivity index is 1.08. The molecule has 2 heteroatoms. The van der Waals surface area contributed by atoms with E-state index < -0.39 is 0 Å². The van der Waals surface area contributed by atoms with Crippen LogP contribution >= 0.6 is 0 Å². The Hall–Kier alpha value is -6.12. The molecule has 0 N–H and O–H groups in total. The minimum absolute atomic E-state index is 0.0983. The van der Waals surface area contributed by atoms with Gasteiger partial charge in [0.2, 0.25) is 0 Å². The van der Waals surface area contributed by atoms with Crippen LogP contribution in [-0.2, 0) is 10.8 Å². The molecule has 7 aromatic carbocycles. The zero-order valence-electron chi connectivity index (χ0n) is 32.2. The molecule has 0 amide bonds. The molecule has 0 fully saturated rings. The normalized spacial score (nSPS) is 13.1. The summed E-state index contributed by atoms with van der Waals surface area (Å²) in [5.41, 5.74) is 17.2. The number of rotatable bonds is 8. The Morgan fingerprint density at radius 3 is 1.52 bits per heavy atom. The quantitative estimate of drug-likeness (QED) is 0.146. The molecule has 0 bridgehead atoms. The highest BCUT2D eigenvalue weighted by Gasteiger charge is 2.36. The molecule has 0 heterocycles. The molecule has 0 saturated heterocycles. The molecular weight excluding hydrogens is 653 g/mol. The number of nitrogens with zero attached hydrogens (tertiary/aromatic N) is 2. The van der Waals surface area contributed by atoms with E-state index in [9.17, 15) is 0 Å². The minimum Gasteiger partial charge on any atom is -0.311 e. The van der Waals surface area contributed by atoms with E-state index in [1.807, 2.05) is 0 Å². The third-order valence-electron chi connectivity index (χ3n) is 10.9. The predicted octanol–water partition coefficient (Wildman–Crippen LogP) is 14.7. The molecule has 7 aromatic rings. The van der Waals surface area contributed by atoms with Crippen molar-refractivity contribution in [3.63, 3.8) is 0 Å². The first-order valence-electron chi connectivity index (χ1n) is 19.0. The molecule has 1 aliphatic carbocycles. The fourth-order valence-corrected chi connectivity index (χ4v) is 7.87. The van der Waals surface area contributed by atoms with E-state index in [0.717, 1.165) is 17.1 Å². The van der Waals surface area contributed by atoms with Crippen molar-refractivity contribution in [2.75, 3.05) is 9.80 Å². The lowest BCUT2D eigenvalue weighted by atomic mass is 9.81. The second-order valence-corrected chi connectivity index (χ2v) is 16.0. The maximum atomic E-state index is 2.42. The van der Waals surface area contributed by atoms with Gasteiger partial charge >= 0.3 is 0 Å². The van der Waals surface area contributed by atoms with Crippen LogP contribution in [0.1, 0.15) is 68.0 Å². The van der Waals surface area contributed by atoms with Crippen LogP contribution < -0.4 is 9.80 Å². The summed E-state index contributed by atoms with van der Waals surface area (Å²) < 4.78 is 0. The van der Waals surface area contributed by atoms with Crippen molar-refractivity contribution >= 4 is 46.3 Å². The molecular formula is C52H48N2. The van der Waals surface area contributed by atoms with Gasteiger partial charge in [0.1, 0.15) is 0 Å². The number of fused-ring (bicyclic) bond motifs is 3. The summed E-state index contributed by atoms with van der Waals surface area (Å²) in [6, 6.07) is 61.7. The second-order valence-electron chi connectivity index (χ2n) is 16.0. The second kappa shape index (κ2) is 14.0. The first kappa shape index (κ1) is 34.9. The van der Waals surface area contributed by atoms with Crippen LogP contribution in [0.2, 0.25) is 0 Å². The molecule has 0 spiro atoms. The molecule has 0 saturated carbocycles. The molecule has 0 aliphatic heterocycles. The van der Waals surface area contributed by atoms with Crippen molar-refractivity contribution < 1.29 is 0 Å². The number of anilines is 6. The van der Waals surface area contributed by atoms with Crippen LogP contribution in [0, 0.1) is 6.92 Å². The van der Waals surface area contributed by atoms with Gasteiger partial charge in [-0.1, -0.05) is 150 Å². The molecule has 8 rings (SSSR count). The van der Waals surface area contributed by atoms with E-state index in [2.05, 4.69) is 233 Å². The molecule has 0 radical (unpaired) electrons. The van der Waals surface area contributed by atoms with Crippen LogP contribution in [0.25, 0.3) is 23.3 Å². The molecule has 54 heavy (non-hydrogen) atoms. The molecule has 266 valence electrons. The number of hydrogen-bond acceptors (Lipinski definition) is 2. The number of para-hydroxylation sites is 3. The van der Waals surface area contributed by atoms with Crippen LogP contribution in [0.4, 0.5) is 34.1 Å². The molecule has 0 atom stereocenters. The summed E-state index contributed by atoms with van der Waals surface area (Å²) >= 11 is 0. The number of hydrogen-bond donors (Lipinski definition) is 0. The van der Waals surface area contributed by atoms with Gasteiger partial charge in [-0.05, 0) is 124 Å². The minimum atomic E-state index is -0.155. The number of benzene rings is 7. The third kappa shape index (κ3) is 6.65. The highest BCUT2D eigenvalue weighted by molar-refractivity contribution is 5.87. The third-order valence-corrected chi connectivity index (χ3v) is 10.9. The average molecular weight is 701 g/mol. The van der Waals surface area contributed by atoms with Gasteiger partial charge in [-0.2, -0.15) is 0 Å². The van der Waals surface area contributed by atoms with Gasteiger partial charge in [0.15, 0.2) is 0 Å². The SMILES string of the molecule is Cc1ccccc1N(c1ccc(C(C)(C)C)cc1)c1ccc2c(c1)C(C)(C)c1cc(/C=C/c3ccc(N(c4ccccc4)c4ccccc4)cc3)ccc1-2. The summed E-state index contributed by atoms with van der Waals surface area (Å²) in [6.07, 6.45) is 4.46. The van der Waals surface area contributed by atoms with Crippen molar-refractivity contribution in [3.8, 4) is 11.1 Å². The lowest BCUT2D eigenvalue weighted by Gasteiger charge is -2.30. The Labute approximate surface area is 321 Å². The largest absolute Gasteiger partial charge is 0.311 e. The van der Waals surface area contributed by atoms with E-state index in [0.29, 0.717) is 0 Å². The van der Waals surface area contributed by atoms with Gasteiger partial charge in [0.25, 0.3) is 0 Å². The topological polar surface area (TPSA) is 6.48 Å². The lowest BCUT2D eigenvalue weighted by molar-refractivity contribution is 0.590. The van der Waals surface area contributed by atoms with Gasteiger partial charge in [-0.15, -0.1) is 0 Å².